The number of benzene rings is 1. The molecule has 1 amide bonds. The molecule has 2 aromatic heterocycles. The zero-order chi connectivity index (χ0) is 19.4. The Labute approximate surface area is 156 Å². The van der Waals surface area contributed by atoms with Crippen LogP contribution in [0.1, 0.15) is 27.2 Å². The lowest BCUT2D eigenvalue weighted by atomic mass is 10.1. The number of aromatic nitrogens is 1. The van der Waals surface area contributed by atoms with E-state index in [0.717, 1.165) is 5.56 Å². The molecule has 7 nitrogen and oxygen atoms in total. The smallest absolute Gasteiger partial charge is 0.256 e. The van der Waals surface area contributed by atoms with E-state index in [1.165, 1.54) is 0 Å². The number of nitrogens with one attached hydrogen (secondary N) is 1. The number of carbonyl (C=O) groups is 1. The Kier molecular flexibility index (Phi) is 5.18. The van der Waals surface area contributed by atoms with Crippen LogP contribution in [0.4, 0.5) is 0 Å². The highest BCUT2D eigenvalue weighted by Gasteiger charge is 2.24. The third-order valence-corrected chi connectivity index (χ3v) is 4.17. The van der Waals surface area contributed by atoms with Crippen molar-refractivity contribution in [3.05, 3.63) is 65.2 Å². The maximum absolute atomic E-state index is 12.8. The molecule has 1 N–H and O–H groups in total. The summed E-state index contributed by atoms with van der Waals surface area (Å²) in [6.07, 6.45) is 3.50. The molecule has 2 heterocycles. The number of carbonyl (C=O) groups excluding carboxylic acids is 1. The molecule has 1 aromatic carbocycles. The summed E-state index contributed by atoms with van der Waals surface area (Å²) in [6.45, 7) is 1.88. The second kappa shape index (κ2) is 7.70. The van der Waals surface area contributed by atoms with Crippen molar-refractivity contribution in [2.75, 3.05) is 14.2 Å². The first-order valence-electron chi connectivity index (χ1n) is 8.25. The number of furan rings is 1. The second-order valence-corrected chi connectivity index (χ2v) is 5.75. The van der Waals surface area contributed by atoms with Gasteiger partial charge in [-0.3, -0.25) is 9.36 Å². The first-order chi connectivity index (χ1) is 13.1. The Bertz CT molecular complexity index is 997. The van der Waals surface area contributed by atoms with E-state index in [9.17, 15) is 10.1 Å². The first-order valence-corrected chi connectivity index (χ1v) is 8.25. The van der Waals surface area contributed by atoms with Crippen LogP contribution in [0.2, 0.25) is 0 Å². The van der Waals surface area contributed by atoms with E-state index in [-0.39, 0.29) is 17.7 Å². The molecular weight excluding hydrogens is 346 g/mol. The van der Waals surface area contributed by atoms with Crippen molar-refractivity contribution in [3.8, 4) is 23.5 Å². The molecule has 0 aliphatic heterocycles. The molecule has 138 valence electrons. The van der Waals surface area contributed by atoms with Gasteiger partial charge in [0.05, 0.1) is 14.2 Å². The normalized spacial score (nSPS) is 10.3. The Morgan fingerprint density at radius 2 is 1.96 bits per heavy atom. The number of aryl methyl sites for hydroxylation is 1. The van der Waals surface area contributed by atoms with Crippen LogP contribution in [-0.4, -0.2) is 24.7 Å². The summed E-state index contributed by atoms with van der Waals surface area (Å²) in [4.78, 5) is 12.8. The maximum Gasteiger partial charge on any atom is 0.256 e. The predicted molar refractivity (Wildman–Crippen MR) is 98.2 cm³/mol. The number of hydrogen-bond donors (Lipinski definition) is 1. The van der Waals surface area contributed by atoms with Crippen molar-refractivity contribution >= 4 is 5.91 Å². The van der Waals surface area contributed by atoms with Crippen LogP contribution in [0.25, 0.3) is 5.88 Å². The largest absolute Gasteiger partial charge is 0.493 e. The number of ether oxygens (including phenoxy) is 2. The lowest BCUT2D eigenvalue weighted by Crippen LogP contribution is -2.24. The summed E-state index contributed by atoms with van der Waals surface area (Å²) in [6, 6.07) is 11.1. The van der Waals surface area contributed by atoms with Gasteiger partial charge < -0.3 is 19.2 Å². The van der Waals surface area contributed by atoms with Crippen LogP contribution >= 0.6 is 0 Å². The number of para-hydroxylation sites is 1. The number of hydrogen-bond acceptors (Lipinski definition) is 5. The predicted octanol–water partition coefficient (Wildman–Crippen LogP) is 3.20. The van der Waals surface area contributed by atoms with Gasteiger partial charge in [-0.1, -0.05) is 12.1 Å². The monoisotopic (exact) mass is 365 g/mol. The second-order valence-electron chi connectivity index (χ2n) is 5.75. The number of amides is 1. The molecule has 7 heteroatoms. The fourth-order valence-electron chi connectivity index (χ4n) is 2.92. The van der Waals surface area contributed by atoms with Gasteiger partial charge in [-0.05, 0) is 25.1 Å². The van der Waals surface area contributed by atoms with Gasteiger partial charge in [-0.25, -0.2) is 0 Å². The third kappa shape index (κ3) is 3.37. The summed E-state index contributed by atoms with van der Waals surface area (Å²) in [5.41, 5.74) is 1.18. The van der Waals surface area contributed by atoms with Crippen LogP contribution < -0.4 is 14.8 Å². The Morgan fingerprint density at radius 1 is 1.22 bits per heavy atom. The van der Waals surface area contributed by atoms with E-state index >= 15 is 0 Å². The van der Waals surface area contributed by atoms with Crippen LogP contribution in [0, 0.1) is 18.3 Å². The van der Waals surface area contributed by atoms with Gasteiger partial charge >= 0.3 is 0 Å². The minimum absolute atomic E-state index is 0.193. The summed E-state index contributed by atoms with van der Waals surface area (Å²) in [7, 11) is 3.09. The summed E-state index contributed by atoms with van der Waals surface area (Å²) in [5.74, 6) is 1.44. The maximum atomic E-state index is 12.8. The highest BCUT2D eigenvalue weighted by Crippen LogP contribution is 2.31. The van der Waals surface area contributed by atoms with Gasteiger partial charge in [0.1, 0.15) is 23.0 Å². The SMILES string of the molecule is COc1cccc(CNC(=O)c2c(C)oc(-n3cccc3)c2C#N)c1OC. The lowest BCUT2D eigenvalue weighted by Gasteiger charge is -2.13. The van der Waals surface area contributed by atoms with E-state index in [0.29, 0.717) is 23.1 Å². The molecule has 0 saturated carbocycles. The van der Waals surface area contributed by atoms with Gasteiger partial charge in [0, 0.05) is 24.5 Å². The molecule has 0 fully saturated rings. The molecule has 0 aliphatic rings. The Hall–Kier alpha value is -3.66. The quantitative estimate of drug-likeness (QED) is 0.724. The average molecular weight is 365 g/mol. The highest BCUT2D eigenvalue weighted by molar-refractivity contribution is 5.98. The Balaban J connectivity index is 1.87. The molecule has 0 radical (unpaired) electrons. The molecule has 0 saturated heterocycles. The van der Waals surface area contributed by atoms with Gasteiger partial charge in [0.25, 0.3) is 5.91 Å². The molecule has 0 spiro atoms. The van der Waals surface area contributed by atoms with Crippen molar-refractivity contribution in [2.45, 2.75) is 13.5 Å². The summed E-state index contributed by atoms with van der Waals surface area (Å²) in [5, 5.41) is 12.4. The molecule has 0 bridgehead atoms. The van der Waals surface area contributed by atoms with E-state index < -0.39 is 5.91 Å². The van der Waals surface area contributed by atoms with Crippen LogP contribution in [0.3, 0.4) is 0 Å². The van der Waals surface area contributed by atoms with E-state index in [1.807, 2.05) is 24.3 Å². The van der Waals surface area contributed by atoms with Gasteiger partial charge in [0.15, 0.2) is 11.5 Å². The zero-order valence-electron chi connectivity index (χ0n) is 15.3. The van der Waals surface area contributed by atoms with Crippen molar-refractivity contribution in [1.29, 1.82) is 5.26 Å². The van der Waals surface area contributed by atoms with Crippen molar-refractivity contribution in [3.63, 3.8) is 0 Å². The summed E-state index contributed by atoms with van der Waals surface area (Å²) < 4.78 is 18.0. The average Bonchev–Trinajstić information content (AvgIpc) is 3.32. The minimum Gasteiger partial charge on any atom is -0.493 e. The molecule has 3 aromatic rings. The number of methoxy groups -OCH3 is 2. The first kappa shape index (κ1) is 18.1. The van der Waals surface area contributed by atoms with Gasteiger partial charge in [0.2, 0.25) is 5.88 Å². The summed E-state index contributed by atoms with van der Waals surface area (Å²) >= 11 is 0. The van der Waals surface area contributed by atoms with Crippen LogP contribution in [-0.2, 0) is 6.54 Å². The fourth-order valence-corrected chi connectivity index (χ4v) is 2.92. The van der Waals surface area contributed by atoms with Gasteiger partial charge in [-0.15, -0.1) is 0 Å². The number of rotatable bonds is 6. The highest BCUT2D eigenvalue weighted by atomic mass is 16.5. The molecule has 0 unspecified atom stereocenters. The van der Waals surface area contributed by atoms with Crippen LogP contribution in [0.15, 0.2) is 47.1 Å². The minimum atomic E-state index is -0.393. The Morgan fingerprint density at radius 3 is 2.59 bits per heavy atom. The van der Waals surface area contributed by atoms with E-state index in [4.69, 9.17) is 13.9 Å². The van der Waals surface area contributed by atoms with Crippen LogP contribution in [0.5, 0.6) is 11.5 Å². The lowest BCUT2D eigenvalue weighted by molar-refractivity contribution is 0.0949. The van der Waals surface area contributed by atoms with Crippen molar-refractivity contribution in [2.24, 2.45) is 0 Å². The van der Waals surface area contributed by atoms with Crippen molar-refractivity contribution < 1.29 is 18.7 Å². The molecule has 0 aliphatic carbocycles. The molecule has 3 rings (SSSR count). The standard InChI is InChI=1S/C20H19N3O4/c1-13-17(15(11-21)20(27-13)23-9-4-5-10-23)19(24)22-12-14-7-6-8-16(25-2)18(14)26-3/h4-10H,12H2,1-3H3,(H,22,24). The number of nitrogens with zero attached hydrogens (tertiary/aromatic N) is 2. The van der Waals surface area contributed by atoms with Crippen molar-refractivity contribution in [1.82, 2.24) is 9.88 Å². The third-order valence-electron chi connectivity index (χ3n) is 4.17. The van der Waals surface area contributed by atoms with E-state index in [2.05, 4.69) is 11.4 Å². The topological polar surface area (TPSA) is 89.4 Å². The molecule has 27 heavy (non-hydrogen) atoms. The van der Waals surface area contributed by atoms with E-state index in [1.54, 1.807) is 44.2 Å². The fraction of sp³-hybridized carbons (Fsp3) is 0.200. The molecule has 0 atom stereocenters. The molecular formula is C20H19N3O4. The zero-order valence-corrected chi connectivity index (χ0v) is 15.3. The number of nitriles is 1. The van der Waals surface area contributed by atoms with Gasteiger partial charge in [-0.2, -0.15) is 5.26 Å².